The van der Waals surface area contributed by atoms with Crippen molar-refractivity contribution in [2.75, 3.05) is 13.2 Å². The number of carbonyl (C=O) groups is 1. The highest BCUT2D eigenvalue weighted by Gasteiger charge is 2.42. The van der Waals surface area contributed by atoms with Crippen LogP contribution in [0.3, 0.4) is 0 Å². The van der Waals surface area contributed by atoms with E-state index in [-0.39, 0.29) is 23.7 Å². The Morgan fingerprint density at radius 1 is 1.11 bits per heavy atom. The summed E-state index contributed by atoms with van der Waals surface area (Å²) in [5, 5.41) is 9.76. The predicted molar refractivity (Wildman–Crippen MR) is 108 cm³/mol. The number of carbonyl (C=O) groups excluding carboxylic acids is 1. The third kappa shape index (κ3) is 2.92. The Labute approximate surface area is 163 Å². The van der Waals surface area contributed by atoms with Crippen LogP contribution in [0.15, 0.2) is 51.7 Å². The molecular weight excluding hydrogens is 354 g/mol. The van der Waals surface area contributed by atoms with Gasteiger partial charge in [-0.25, -0.2) is 0 Å². The van der Waals surface area contributed by atoms with Gasteiger partial charge in [-0.15, -0.1) is 0 Å². The van der Waals surface area contributed by atoms with E-state index in [1.807, 2.05) is 37.3 Å². The van der Waals surface area contributed by atoms with Crippen molar-refractivity contribution in [3.63, 3.8) is 0 Å². The maximum absolute atomic E-state index is 13.4. The predicted octanol–water partition coefficient (Wildman–Crippen LogP) is 3.59. The van der Waals surface area contributed by atoms with E-state index in [4.69, 9.17) is 4.42 Å². The molecule has 2 heterocycles. The average molecular weight is 377 g/mol. The standard InChI is InChI=1S/C23H23NO4/c1-3-15-6-8-16(9-7-15)20-19-21(26)17-13-14(2)5-10-18(17)28-22(19)23(27)24(20)11-4-12-25/h5-10,13,20,25H,3-4,11-12H2,1-2H3/t20-/m1/s1. The van der Waals surface area contributed by atoms with Gasteiger partial charge in [0.05, 0.1) is 17.0 Å². The first-order valence-electron chi connectivity index (χ1n) is 9.63. The van der Waals surface area contributed by atoms with Crippen LogP contribution in [0.4, 0.5) is 0 Å². The number of hydrogen-bond acceptors (Lipinski definition) is 4. The van der Waals surface area contributed by atoms with Crippen molar-refractivity contribution >= 4 is 16.9 Å². The molecule has 0 spiro atoms. The lowest BCUT2D eigenvalue weighted by atomic mass is 9.97. The molecule has 1 aliphatic heterocycles. The second kappa shape index (κ2) is 7.24. The molecule has 3 aromatic rings. The molecule has 0 fully saturated rings. The number of benzene rings is 2. The zero-order valence-corrected chi connectivity index (χ0v) is 16.1. The zero-order valence-electron chi connectivity index (χ0n) is 16.1. The smallest absolute Gasteiger partial charge is 0.290 e. The number of aliphatic hydroxyl groups excluding tert-OH is 1. The topological polar surface area (TPSA) is 70.8 Å². The van der Waals surface area contributed by atoms with Gasteiger partial charge in [-0.05, 0) is 43.0 Å². The molecule has 1 aliphatic rings. The third-order valence-electron chi connectivity index (χ3n) is 5.38. The minimum atomic E-state index is -0.499. The molecule has 4 rings (SSSR count). The number of hydrogen-bond donors (Lipinski definition) is 1. The fourth-order valence-electron chi connectivity index (χ4n) is 3.89. The molecule has 2 aromatic carbocycles. The molecule has 0 aliphatic carbocycles. The lowest BCUT2D eigenvalue weighted by Crippen LogP contribution is -2.31. The van der Waals surface area contributed by atoms with Crippen LogP contribution in [0.1, 0.15) is 52.2 Å². The normalized spacial score (nSPS) is 16.0. The van der Waals surface area contributed by atoms with Gasteiger partial charge >= 0.3 is 0 Å². The van der Waals surface area contributed by atoms with Crippen LogP contribution in [-0.4, -0.2) is 29.1 Å². The van der Waals surface area contributed by atoms with Crippen molar-refractivity contribution in [2.45, 2.75) is 32.7 Å². The highest BCUT2D eigenvalue weighted by atomic mass is 16.3. The van der Waals surface area contributed by atoms with Crippen LogP contribution in [0.5, 0.6) is 0 Å². The number of nitrogens with zero attached hydrogens (tertiary/aromatic N) is 1. The summed E-state index contributed by atoms with van der Waals surface area (Å²) in [4.78, 5) is 28.1. The highest BCUT2D eigenvalue weighted by Crippen LogP contribution is 2.38. The minimum absolute atomic E-state index is 0.0236. The molecule has 1 N–H and O–H groups in total. The molecule has 5 heteroatoms. The summed E-state index contributed by atoms with van der Waals surface area (Å²) in [5.74, 6) is -0.184. The van der Waals surface area contributed by atoms with Gasteiger partial charge in [0.15, 0.2) is 5.43 Å². The van der Waals surface area contributed by atoms with Crippen LogP contribution in [0.2, 0.25) is 0 Å². The van der Waals surface area contributed by atoms with Crippen molar-refractivity contribution < 1.29 is 14.3 Å². The summed E-state index contributed by atoms with van der Waals surface area (Å²) < 4.78 is 5.91. The molecule has 144 valence electrons. The fourth-order valence-corrected chi connectivity index (χ4v) is 3.89. The Morgan fingerprint density at radius 3 is 2.54 bits per heavy atom. The molecular formula is C23H23NO4. The summed E-state index contributed by atoms with van der Waals surface area (Å²) >= 11 is 0. The van der Waals surface area contributed by atoms with E-state index in [0.717, 1.165) is 17.5 Å². The number of aliphatic hydroxyl groups is 1. The van der Waals surface area contributed by atoms with E-state index in [0.29, 0.717) is 29.5 Å². The number of rotatable bonds is 5. The first kappa shape index (κ1) is 18.4. The van der Waals surface area contributed by atoms with Crippen LogP contribution in [-0.2, 0) is 6.42 Å². The molecule has 0 saturated carbocycles. The SMILES string of the molecule is CCc1ccc([C@@H]2c3c(oc4ccc(C)cc4c3=O)C(=O)N2CCCO)cc1. The molecule has 0 saturated heterocycles. The Morgan fingerprint density at radius 2 is 1.86 bits per heavy atom. The molecule has 5 nitrogen and oxygen atoms in total. The largest absolute Gasteiger partial charge is 0.450 e. The van der Waals surface area contributed by atoms with E-state index >= 15 is 0 Å². The molecule has 28 heavy (non-hydrogen) atoms. The Kier molecular flexibility index (Phi) is 4.77. The minimum Gasteiger partial charge on any atom is -0.450 e. The second-order valence-electron chi connectivity index (χ2n) is 7.25. The van der Waals surface area contributed by atoms with Gasteiger partial charge in [-0.1, -0.05) is 42.8 Å². The van der Waals surface area contributed by atoms with Gasteiger partial charge in [0.1, 0.15) is 5.58 Å². The molecule has 0 unspecified atom stereocenters. The van der Waals surface area contributed by atoms with Crippen molar-refractivity contribution in [1.82, 2.24) is 4.90 Å². The van der Waals surface area contributed by atoms with Crippen LogP contribution >= 0.6 is 0 Å². The number of amides is 1. The van der Waals surface area contributed by atoms with Gasteiger partial charge in [-0.3, -0.25) is 9.59 Å². The maximum atomic E-state index is 13.4. The summed E-state index contributed by atoms with van der Waals surface area (Å²) in [6, 6.07) is 12.9. The third-order valence-corrected chi connectivity index (χ3v) is 5.38. The van der Waals surface area contributed by atoms with Crippen LogP contribution in [0, 0.1) is 6.92 Å². The van der Waals surface area contributed by atoms with Crippen molar-refractivity contribution in [3.05, 3.63) is 80.7 Å². The number of aryl methyl sites for hydroxylation is 2. The quantitative estimate of drug-likeness (QED) is 0.738. The van der Waals surface area contributed by atoms with Gasteiger partial charge in [-0.2, -0.15) is 0 Å². The summed E-state index contributed by atoms with van der Waals surface area (Å²) in [7, 11) is 0. The van der Waals surface area contributed by atoms with Gasteiger partial charge in [0.2, 0.25) is 5.76 Å². The zero-order chi connectivity index (χ0) is 19.8. The van der Waals surface area contributed by atoms with Crippen molar-refractivity contribution in [1.29, 1.82) is 0 Å². The van der Waals surface area contributed by atoms with E-state index in [1.165, 1.54) is 5.56 Å². The monoisotopic (exact) mass is 377 g/mol. The van der Waals surface area contributed by atoms with Crippen LogP contribution in [0.25, 0.3) is 11.0 Å². The van der Waals surface area contributed by atoms with Gasteiger partial charge in [0, 0.05) is 13.2 Å². The Bertz CT molecular complexity index is 1100. The summed E-state index contributed by atoms with van der Waals surface area (Å²) in [6.45, 7) is 4.34. The maximum Gasteiger partial charge on any atom is 0.290 e. The summed E-state index contributed by atoms with van der Waals surface area (Å²) in [5.41, 5.74) is 3.68. The Balaban J connectivity index is 1.94. The van der Waals surface area contributed by atoms with Gasteiger partial charge in [0.25, 0.3) is 5.91 Å². The second-order valence-corrected chi connectivity index (χ2v) is 7.25. The van der Waals surface area contributed by atoms with Crippen molar-refractivity contribution in [3.8, 4) is 0 Å². The summed E-state index contributed by atoms with van der Waals surface area (Å²) in [6.07, 6.45) is 1.36. The van der Waals surface area contributed by atoms with Crippen molar-refractivity contribution in [2.24, 2.45) is 0 Å². The molecule has 1 amide bonds. The first-order chi connectivity index (χ1) is 13.5. The van der Waals surface area contributed by atoms with E-state index in [1.54, 1.807) is 17.0 Å². The molecule has 1 atom stereocenters. The lowest BCUT2D eigenvalue weighted by Gasteiger charge is -2.25. The Hall–Kier alpha value is -2.92. The van der Waals surface area contributed by atoms with E-state index in [2.05, 4.69) is 6.92 Å². The first-order valence-corrected chi connectivity index (χ1v) is 9.63. The fraction of sp³-hybridized carbons (Fsp3) is 0.304. The average Bonchev–Trinajstić information content (AvgIpc) is 2.99. The van der Waals surface area contributed by atoms with Crippen LogP contribution < -0.4 is 5.43 Å². The van der Waals surface area contributed by atoms with Gasteiger partial charge < -0.3 is 14.4 Å². The molecule has 0 bridgehead atoms. The highest BCUT2D eigenvalue weighted by molar-refractivity contribution is 5.99. The lowest BCUT2D eigenvalue weighted by molar-refractivity contribution is 0.0716. The molecule has 1 aromatic heterocycles. The van der Waals surface area contributed by atoms with E-state index in [9.17, 15) is 14.7 Å². The van der Waals surface area contributed by atoms with E-state index < -0.39 is 6.04 Å². The molecule has 0 radical (unpaired) electrons. The number of fused-ring (bicyclic) bond motifs is 2.